The van der Waals surface area contributed by atoms with Crippen molar-refractivity contribution in [3.63, 3.8) is 0 Å². The Hall–Kier alpha value is -0.900. The highest BCUT2D eigenvalue weighted by atomic mass is 16.2. The second-order valence-corrected chi connectivity index (χ2v) is 5.87. The van der Waals surface area contributed by atoms with E-state index in [2.05, 4.69) is 26.1 Å². The average molecular weight is 242 g/mol. The molecule has 0 saturated heterocycles. The molecule has 1 amide bonds. The summed E-state index contributed by atoms with van der Waals surface area (Å²) in [6.45, 7) is 10.4. The van der Waals surface area contributed by atoms with Crippen molar-refractivity contribution in [3.05, 3.63) is 0 Å². The molecule has 0 aromatic carbocycles. The number of likely N-dealkylation sites (N-methyl/N-ethyl adjacent to an activating group) is 2. The third-order valence-corrected chi connectivity index (χ3v) is 2.92. The zero-order valence-corrected chi connectivity index (χ0v) is 12.1. The van der Waals surface area contributed by atoms with Gasteiger partial charge in [0.25, 0.3) is 5.91 Å². The van der Waals surface area contributed by atoms with Crippen molar-refractivity contribution in [2.45, 2.75) is 40.7 Å². The van der Waals surface area contributed by atoms with Crippen LogP contribution >= 0.6 is 0 Å². The Morgan fingerprint density at radius 1 is 1.24 bits per heavy atom. The summed E-state index contributed by atoms with van der Waals surface area (Å²) in [5.41, 5.74) is -0.0648. The van der Waals surface area contributed by atoms with Gasteiger partial charge < -0.3 is 10.2 Å². The van der Waals surface area contributed by atoms with Crippen LogP contribution in [0.3, 0.4) is 0 Å². The van der Waals surface area contributed by atoms with Crippen molar-refractivity contribution in [2.24, 2.45) is 11.3 Å². The molecule has 0 rings (SSSR count). The number of rotatable bonds is 5. The number of Topliss-reactive ketones (excluding diaryl/α,β-unsaturated/α-hetero) is 1. The minimum Gasteiger partial charge on any atom is -0.334 e. The van der Waals surface area contributed by atoms with Gasteiger partial charge in [0, 0.05) is 25.6 Å². The smallest absolute Gasteiger partial charge is 0.290 e. The molecule has 0 spiro atoms. The number of carbonyl (C=O) groups is 2. The maximum Gasteiger partial charge on any atom is 0.290 e. The Morgan fingerprint density at radius 3 is 2.00 bits per heavy atom. The van der Waals surface area contributed by atoms with E-state index in [1.165, 1.54) is 0 Å². The molecule has 1 atom stereocenters. The number of nitrogens with zero attached hydrogens (tertiary/aromatic N) is 1. The molecule has 0 aromatic rings. The van der Waals surface area contributed by atoms with Gasteiger partial charge in [0.2, 0.25) is 5.78 Å². The number of hydrogen-bond donors (Lipinski definition) is 1. The Kier molecular flexibility index (Phi) is 5.82. The summed E-state index contributed by atoms with van der Waals surface area (Å²) in [6, 6.07) is 0.00250. The van der Waals surface area contributed by atoms with Crippen LogP contribution in [-0.2, 0) is 9.59 Å². The summed E-state index contributed by atoms with van der Waals surface area (Å²) in [5.74, 6) is -0.965. The van der Waals surface area contributed by atoms with Crippen molar-refractivity contribution >= 4 is 11.7 Å². The molecule has 0 aromatic heterocycles. The maximum absolute atomic E-state index is 12.0. The van der Waals surface area contributed by atoms with Crippen LogP contribution in [0.25, 0.3) is 0 Å². The third kappa shape index (κ3) is 4.46. The van der Waals surface area contributed by atoms with Gasteiger partial charge in [-0.25, -0.2) is 0 Å². The second kappa shape index (κ2) is 6.15. The molecule has 0 saturated carbocycles. The average Bonchev–Trinajstić information content (AvgIpc) is 2.21. The normalized spacial score (nSPS) is 13.6. The quantitative estimate of drug-likeness (QED) is 0.739. The van der Waals surface area contributed by atoms with E-state index in [4.69, 9.17) is 0 Å². The van der Waals surface area contributed by atoms with E-state index in [-0.39, 0.29) is 23.2 Å². The van der Waals surface area contributed by atoms with E-state index < -0.39 is 5.91 Å². The Labute approximate surface area is 105 Å². The highest BCUT2D eigenvalue weighted by molar-refractivity contribution is 6.36. The molecular weight excluding hydrogens is 216 g/mol. The van der Waals surface area contributed by atoms with Gasteiger partial charge in [-0.15, -0.1) is 0 Å². The van der Waals surface area contributed by atoms with Crippen LogP contribution in [0.4, 0.5) is 0 Å². The van der Waals surface area contributed by atoms with Crippen molar-refractivity contribution in [1.29, 1.82) is 0 Å². The first-order valence-corrected chi connectivity index (χ1v) is 6.08. The highest BCUT2D eigenvalue weighted by Crippen LogP contribution is 2.23. The van der Waals surface area contributed by atoms with Gasteiger partial charge in [0.15, 0.2) is 0 Å². The lowest BCUT2D eigenvalue weighted by molar-refractivity contribution is -0.148. The molecule has 0 fully saturated rings. The number of nitrogens with one attached hydrogen (secondary N) is 1. The number of ketones is 1. The van der Waals surface area contributed by atoms with Crippen LogP contribution in [0, 0.1) is 11.3 Å². The topological polar surface area (TPSA) is 49.4 Å². The molecule has 100 valence electrons. The van der Waals surface area contributed by atoms with Gasteiger partial charge in [-0.3, -0.25) is 9.59 Å². The molecule has 0 aliphatic rings. The second-order valence-electron chi connectivity index (χ2n) is 5.87. The van der Waals surface area contributed by atoms with Crippen LogP contribution in [0.2, 0.25) is 0 Å². The lowest BCUT2D eigenvalue weighted by atomic mass is 9.85. The van der Waals surface area contributed by atoms with Crippen LogP contribution in [0.5, 0.6) is 0 Å². The van der Waals surface area contributed by atoms with E-state index >= 15 is 0 Å². The van der Waals surface area contributed by atoms with Crippen molar-refractivity contribution in [3.8, 4) is 0 Å². The first-order chi connectivity index (χ1) is 7.62. The van der Waals surface area contributed by atoms with E-state index in [1.807, 2.05) is 7.05 Å². The molecule has 4 heteroatoms. The van der Waals surface area contributed by atoms with Gasteiger partial charge in [-0.05, 0) is 12.5 Å². The summed E-state index contributed by atoms with van der Waals surface area (Å²) in [4.78, 5) is 25.3. The largest absolute Gasteiger partial charge is 0.334 e. The zero-order valence-electron chi connectivity index (χ0n) is 12.1. The zero-order chi connectivity index (χ0) is 13.8. The molecule has 0 aliphatic heterocycles. The fraction of sp³-hybridized carbons (Fsp3) is 0.846. The molecule has 1 unspecified atom stereocenters. The van der Waals surface area contributed by atoms with Gasteiger partial charge in [-0.1, -0.05) is 34.6 Å². The molecule has 0 bridgehead atoms. The summed E-state index contributed by atoms with van der Waals surface area (Å²) in [6.07, 6.45) is 0. The van der Waals surface area contributed by atoms with E-state index in [1.54, 1.807) is 25.8 Å². The van der Waals surface area contributed by atoms with Crippen LogP contribution < -0.4 is 5.32 Å². The lowest BCUT2D eigenvalue weighted by Crippen LogP contribution is -2.52. The van der Waals surface area contributed by atoms with Crippen LogP contribution in [0.15, 0.2) is 0 Å². The van der Waals surface area contributed by atoms with E-state index in [9.17, 15) is 9.59 Å². The van der Waals surface area contributed by atoms with E-state index in [0.717, 1.165) is 0 Å². The van der Waals surface area contributed by atoms with E-state index in [0.29, 0.717) is 6.54 Å². The Bertz CT molecular complexity index is 280. The number of carbonyl (C=O) groups excluding carboxylic acids is 2. The first-order valence-electron chi connectivity index (χ1n) is 6.08. The van der Waals surface area contributed by atoms with Crippen molar-refractivity contribution in [1.82, 2.24) is 10.2 Å². The highest BCUT2D eigenvalue weighted by Gasteiger charge is 2.33. The molecule has 0 aliphatic carbocycles. The number of hydrogen-bond acceptors (Lipinski definition) is 3. The van der Waals surface area contributed by atoms with Gasteiger partial charge in [0.05, 0.1) is 0 Å². The van der Waals surface area contributed by atoms with Gasteiger partial charge in [-0.2, -0.15) is 0 Å². The third-order valence-electron chi connectivity index (χ3n) is 2.92. The maximum atomic E-state index is 12.0. The van der Waals surface area contributed by atoms with Crippen LogP contribution in [0.1, 0.15) is 34.6 Å². The lowest BCUT2D eigenvalue weighted by Gasteiger charge is -2.37. The minimum absolute atomic E-state index is 0.00250. The molecule has 0 radical (unpaired) electrons. The Morgan fingerprint density at radius 2 is 1.71 bits per heavy atom. The van der Waals surface area contributed by atoms with Gasteiger partial charge >= 0.3 is 0 Å². The fourth-order valence-electron chi connectivity index (χ4n) is 1.78. The molecule has 4 nitrogen and oxygen atoms in total. The minimum atomic E-state index is -0.393. The predicted molar refractivity (Wildman–Crippen MR) is 69.8 cm³/mol. The summed E-state index contributed by atoms with van der Waals surface area (Å²) >= 11 is 0. The summed E-state index contributed by atoms with van der Waals surface area (Å²) in [7, 11) is 3.55. The first kappa shape index (κ1) is 16.1. The Balaban J connectivity index is 4.91. The standard InChI is InChI=1S/C13H26N2O2/c1-9(2)11(16)12(17)15(7)10(8-14-6)13(3,4)5/h9-10,14H,8H2,1-7H3. The van der Waals surface area contributed by atoms with Crippen molar-refractivity contribution < 1.29 is 9.59 Å². The van der Waals surface area contributed by atoms with Crippen LogP contribution in [-0.4, -0.2) is 43.3 Å². The fourth-order valence-corrected chi connectivity index (χ4v) is 1.78. The summed E-state index contributed by atoms with van der Waals surface area (Å²) in [5, 5.41) is 3.07. The molecule has 17 heavy (non-hydrogen) atoms. The molecule has 1 N–H and O–H groups in total. The monoisotopic (exact) mass is 242 g/mol. The van der Waals surface area contributed by atoms with Crippen molar-refractivity contribution in [2.75, 3.05) is 20.6 Å². The summed E-state index contributed by atoms with van der Waals surface area (Å²) < 4.78 is 0. The van der Waals surface area contributed by atoms with Gasteiger partial charge in [0.1, 0.15) is 0 Å². The molecular formula is C13H26N2O2. The molecule has 0 heterocycles. The SMILES string of the molecule is CNCC(N(C)C(=O)C(=O)C(C)C)C(C)(C)C. The predicted octanol–water partition coefficient (Wildman–Crippen LogP) is 1.30. The number of amides is 1.